The molecule has 11 heteroatoms. The fourth-order valence-electron chi connectivity index (χ4n) is 3.49. The third kappa shape index (κ3) is 7.61. The smallest absolute Gasteiger partial charge is 0.357 e. The second-order valence-electron chi connectivity index (χ2n) is 8.00. The van der Waals surface area contributed by atoms with E-state index in [1.807, 2.05) is 48.9 Å². The molecule has 186 valence electrons. The zero-order valence-electron chi connectivity index (χ0n) is 19.5. The fourth-order valence-corrected chi connectivity index (χ4v) is 4.90. The number of benzene rings is 2. The molecule has 1 amide bonds. The molecule has 0 unspecified atom stereocenters. The Kier molecular flexibility index (Phi) is 8.60. The predicted molar refractivity (Wildman–Crippen MR) is 133 cm³/mol. The van der Waals surface area contributed by atoms with Gasteiger partial charge in [-0.15, -0.1) is 11.3 Å². The molecule has 0 saturated heterocycles. The molecule has 0 aliphatic rings. The Balaban J connectivity index is 1.84. The number of ether oxygens (including phenoxy) is 1. The first-order valence-corrected chi connectivity index (χ1v) is 13.0. The average Bonchev–Trinajstić information content (AvgIpc) is 3.15. The number of rotatable bonds is 10. The third-order valence-corrected chi connectivity index (χ3v) is 7.07. The van der Waals surface area contributed by atoms with E-state index >= 15 is 0 Å². The molecule has 3 rings (SSSR count). The van der Waals surface area contributed by atoms with Crippen LogP contribution >= 0.6 is 11.3 Å². The van der Waals surface area contributed by atoms with E-state index in [1.54, 1.807) is 12.1 Å². The maximum absolute atomic E-state index is 13.3. The first-order chi connectivity index (χ1) is 16.6. The summed E-state index contributed by atoms with van der Waals surface area (Å²) in [6.45, 7) is 3.83. The molecule has 0 spiro atoms. The zero-order valence-corrected chi connectivity index (χ0v) is 21.2. The molecule has 2 atom stereocenters. The Morgan fingerprint density at radius 1 is 1.03 bits per heavy atom. The number of hydrogen-bond donors (Lipinski definition) is 3. The van der Waals surface area contributed by atoms with Crippen molar-refractivity contribution in [2.75, 3.05) is 11.8 Å². The molecular formula is C24H27N3O6S2. The molecule has 0 fully saturated rings. The van der Waals surface area contributed by atoms with Gasteiger partial charge in [-0.3, -0.25) is 18.9 Å². The molecule has 2 aromatic carbocycles. The second-order valence-corrected chi connectivity index (χ2v) is 10.4. The molecule has 3 N–H and O–H groups in total. The van der Waals surface area contributed by atoms with Gasteiger partial charge in [0.2, 0.25) is 5.91 Å². The summed E-state index contributed by atoms with van der Waals surface area (Å²) in [6, 6.07) is 15.1. The topological polar surface area (TPSA) is 135 Å². The number of esters is 1. The van der Waals surface area contributed by atoms with Gasteiger partial charge in [0, 0.05) is 4.88 Å². The van der Waals surface area contributed by atoms with E-state index in [0.29, 0.717) is 11.4 Å². The van der Waals surface area contributed by atoms with Crippen LogP contribution in [0.4, 0.5) is 5.69 Å². The summed E-state index contributed by atoms with van der Waals surface area (Å²) < 4.78 is 37.9. The van der Waals surface area contributed by atoms with Crippen LogP contribution in [0.15, 0.2) is 54.6 Å². The summed E-state index contributed by atoms with van der Waals surface area (Å²) in [5.74, 6) is -2.13. The molecule has 3 aromatic rings. The van der Waals surface area contributed by atoms with Crippen molar-refractivity contribution in [1.82, 2.24) is 10.3 Å². The number of methoxy groups -OCH3 is 1. The molecule has 0 radical (unpaired) electrons. The molecule has 1 heterocycles. The summed E-state index contributed by atoms with van der Waals surface area (Å²) in [7, 11) is -3.13. The van der Waals surface area contributed by atoms with Gasteiger partial charge < -0.3 is 10.1 Å². The fraction of sp³-hybridized carbons (Fsp3) is 0.292. The van der Waals surface area contributed by atoms with Crippen LogP contribution in [0.1, 0.15) is 32.7 Å². The number of thiazole rings is 1. The van der Waals surface area contributed by atoms with Crippen molar-refractivity contribution in [2.45, 2.75) is 32.7 Å². The van der Waals surface area contributed by atoms with Gasteiger partial charge in [0.05, 0.1) is 24.5 Å². The Morgan fingerprint density at radius 3 is 2.20 bits per heavy atom. The first-order valence-electron chi connectivity index (χ1n) is 10.8. The summed E-state index contributed by atoms with van der Waals surface area (Å²) in [5, 5.41) is 3.66. The van der Waals surface area contributed by atoms with Crippen molar-refractivity contribution < 1.29 is 27.3 Å². The Morgan fingerprint density at radius 2 is 1.66 bits per heavy atom. The minimum absolute atomic E-state index is 0.192. The van der Waals surface area contributed by atoms with Crippen LogP contribution in [0.3, 0.4) is 0 Å². The number of carbonyl (C=O) groups excluding carboxylic acids is 2. The van der Waals surface area contributed by atoms with Crippen LogP contribution in [-0.2, 0) is 37.5 Å². The van der Waals surface area contributed by atoms with Gasteiger partial charge in [0.25, 0.3) is 0 Å². The molecule has 0 aliphatic carbocycles. The highest BCUT2D eigenvalue weighted by Gasteiger charge is 2.31. The van der Waals surface area contributed by atoms with E-state index in [-0.39, 0.29) is 12.1 Å². The number of anilines is 1. The average molecular weight is 518 g/mol. The molecule has 0 aliphatic heterocycles. The van der Waals surface area contributed by atoms with E-state index in [0.717, 1.165) is 21.7 Å². The molecule has 0 saturated carbocycles. The van der Waals surface area contributed by atoms with Gasteiger partial charge in [0.1, 0.15) is 10.9 Å². The van der Waals surface area contributed by atoms with Crippen LogP contribution < -0.4 is 10.0 Å². The molecule has 35 heavy (non-hydrogen) atoms. The lowest BCUT2D eigenvalue weighted by Crippen LogP contribution is -2.40. The third-order valence-electron chi connectivity index (χ3n) is 5.39. The summed E-state index contributed by atoms with van der Waals surface area (Å²) >= 11 is 1.46. The Bertz CT molecular complexity index is 1250. The number of carbonyl (C=O) groups is 2. The lowest BCUT2D eigenvalue weighted by molar-refractivity contribution is -0.150. The highest BCUT2D eigenvalue weighted by atomic mass is 32.2. The molecule has 1 aromatic heterocycles. The van der Waals surface area contributed by atoms with E-state index in [9.17, 15) is 18.0 Å². The van der Waals surface area contributed by atoms with Gasteiger partial charge in [-0.1, -0.05) is 42.5 Å². The zero-order chi connectivity index (χ0) is 25.6. The van der Waals surface area contributed by atoms with Crippen LogP contribution in [0.25, 0.3) is 0 Å². The SMILES string of the molecule is COC(=O)[C@@H](Cc1ccccc1)C(=O)N[C@@H](Cc1ccc(NS(=O)(=O)O)cc1)c1nc(C)c(C)s1. The first kappa shape index (κ1) is 26.3. The quantitative estimate of drug-likeness (QED) is 0.213. The van der Waals surface area contributed by atoms with Gasteiger partial charge >= 0.3 is 16.3 Å². The number of amides is 1. The minimum Gasteiger partial charge on any atom is -0.468 e. The highest BCUT2D eigenvalue weighted by molar-refractivity contribution is 7.87. The summed E-state index contributed by atoms with van der Waals surface area (Å²) in [5.41, 5.74) is 2.67. The van der Waals surface area contributed by atoms with E-state index in [1.165, 1.54) is 30.6 Å². The predicted octanol–water partition coefficient (Wildman–Crippen LogP) is 3.41. The van der Waals surface area contributed by atoms with Gasteiger partial charge in [-0.05, 0) is 49.9 Å². The van der Waals surface area contributed by atoms with Crippen LogP contribution in [0.2, 0.25) is 0 Å². The van der Waals surface area contributed by atoms with E-state index in [2.05, 4.69) is 10.3 Å². The molecule has 0 bridgehead atoms. The van der Waals surface area contributed by atoms with Crippen molar-refractivity contribution in [3.05, 3.63) is 81.3 Å². The van der Waals surface area contributed by atoms with Crippen molar-refractivity contribution in [2.24, 2.45) is 5.92 Å². The molecule has 9 nitrogen and oxygen atoms in total. The minimum atomic E-state index is -4.38. The summed E-state index contributed by atoms with van der Waals surface area (Å²) in [6.07, 6.45) is 0.543. The van der Waals surface area contributed by atoms with Crippen molar-refractivity contribution in [3.63, 3.8) is 0 Å². The normalized spacial score (nSPS) is 13.0. The van der Waals surface area contributed by atoms with Crippen molar-refractivity contribution in [1.29, 1.82) is 0 Å². The van der Waals surface area contributed by atoms with Gasteiger partial charge in [-0.2, -0.15) is 8.42 Å². The molecular weight excluding hydrogens is 490 g/mol. The van der Waals surface area contributed by atoms with Crippen LogP contribution in [-0.4, -0.2) is 36.9 Å². The van der Waals surface area contributed by atoms with Crippen molar-refractivity contribution >= 4 is 39.2 Å². The largest absolute Gasteiger partial charge is 0.468 e. The lowest BCUT2D eigenvalue weighted by atomic mass is 9.97. The number of aryl methyl sites for hydroxylation is 2. The van der Waals surface area contributed by atoms with Crippen molar-refractivity contribution in [3.8, 4) is 0 Å². The number of nitrogens with one attached hydrogen (secondary N) is 2. The Labute approximate surface area is 208 Å². The lowest BCUT2D eigenvalue weighted by Gasteiger charge is -2.21. The standard InChI is InChI=1S/C24H27N3O6S2/c1-15-16(2)34-23(25-15)21(14-18-9-11-19(12-10-18)27-35(30,31)32)26-22(28)20(24(29)33-3)13-17-7-5-4-6-8-17/h4-12,20-21,27H,13-14H2,1-3H3,(H,26,28)(H,30,31,32)/t20-,21-/m0/s1. The van der Waals surface area contributed by atoms with Crippen LogP contribution in [0.5, 0.6) is 0 Å². The van der Waals surface area contributed by atoms with E-state index in [4.69, 9.17) is 9.29 Å². The van der Waals surface area contributed by atoms with Crippen LogP contribution in [0, 0.1) is 19.8 Å². The number of hydrogen-bond acceptors (Lipinski definition) is 7. The van der Waals surface area contributed by atoms with Gasteiger partial charge in [-0.25, -0.2) is 4.98 Å². The maximum atomic E-state index is 13.3. The second kappa shape index (κ2) is 11.4. The maximum Gasteiger partial charge on any atom is 0.357 e. The Hall–Kier alpha value is -3.28. The highest BCUT2D eigenvalue weighted by Crippen LogP contribution is 2.27. The summed E-state index contributed by atoms with van der Waals surface area (Å²) in [4.78, 5) is 31.4. The monoisotopic (exact) mass is 517 g/mol. The van der Waals surface area contributed by atoms with E-state index < -0.39 is 34.1 Å². The van der Waals surface area contributed by atoms with Gasteiger partial charge in [0.15, 0.2) is 0 Å². The number of nitrogens with zero attached hydrogens (tertiary/aromatic N) is 1. The number of aromatic nitrogens is 1.